The highest BCUT2D eigenvalue weighted by molar-refractivity contribution is 5.97. The Labute approximate surface area is 162 Å². The second kappa shape index (κ2) is 7.81. The second-order valence-corrected chi connectivity index (χ2v) is 7.54. The molecule has 0 aliphatic heterocycles. The van der Waals surface area contributed by atoms with E-state index in [1.165, 1.54) is 12.8 Å². The monoisotopic (exact) mass is 386 g/mol. The summed E-state index contributed by atoms with van der Waals surface area (Å²) in [4.78, 5) is 23.7. The molecule has 0 saturated heterocycles. The van der Waals surface area contributed by atoms with Gasteiger partial charge in [0.2, 0.25) is 0 Å². The average molecular weight is 386 g/mol. The number of rotatable bonds is 7. The highest BCUT2D eigenvalue weighted by Gasteiger charge is 2.28. The highest BCUT2D eigenvalue weighted by Crippen LogP contribution is 2.32. The van der Waals surface area contributed by atoms with Gasteiger partial charge in [-0.1, -0.05) is 6.92 Å². The average Bonchev–Trinajstić information content (AvgIpc) is 3.45. The van der Waals surface area contributed by atoms with Gasteiger partial charge in [0.25, 0.3) is 5.91 Å². The van der Waals surface area contributed by atoms with Crippen LogP contribution in [-0.4, -0.2) is 38.1 Å². The van der Waals surface area contributed by atoms with E-state index in [-0.39, 0.29) is 18.5 Å². The normalized spacial score (nSPS) is 19.5. The lowest BCUT2D eigenvalue weighted by Gasteiger charge is -2.24. The van der Waals surface area contributed by atoms with Crippen LogP contribution in [0.15, 0.2) is 41.9 Å². The molecule has 148 valence electrons. The maximum atomic E-state index is 14.2. The summed E-state index contributed by atoms with van der Waals surface area (Å²) >= 11 is 0. The third-order valence-corrected chi connectivity index (χ3v) is 5.19. The van der Waals surface area contributed by atoms with Crippen LogP contribution in [0, 0.1) is 5.92 Å². The Morgan fingerprint density at radius 3 is 2.96 bits per heavy atom. The van der Waals surface area contributed by atoms with Crippen LogP contribution in [0.5, 0.6) is 0 Å². The van der Waals surface area contributed by atoms with E-state index < -0.39 is 17.9 Å². The summed E-state index contributed by atoms with van der Waals surface area (Å²) < 4.78 is 30.0. The maximum Gasteiger partial charge on any atom is 0.257 e. The molecule has 1 saturated carbocycles. The maximum absolute atomic E-state index is 14.2. The van der Waals surface area contributed by atoms with E-state index in [0.717, 1.165) is 35.7 Å². The topological polar surface area (TPSA) is 51.0 Å². The molecule has 1 unspecified atom stereocenters. The first-order chi connectivity index (χ1) is 13.6. The molecule has 2 aliphatic rings. The first-order valence-corrected chi connectivity index (χ1v) is 9.88. The lowest BCUT2D eigenvalue weighted by atomic mass is 10.0. The Balaban J connectivity index is 1.65. The molecule has 1 amide bonds. The van der Waals surface area contributed by atoms with E-state index >= 15 is 0 Å². The smallest absolute Gasteiger partial charge is 0.257 e. The van der Waals surface area contributed by atoms with Gasteiger partial charge in [0.15, 0.2) is 5.65 Å². The Kier molecular flexibility index (Phi) is 5.24. The van der Waals surface area contributed by atoms with Crippen molar-refractivity contribution in [1.82, 2.24) is 19.4 Å². The van der Waals surface area contributed by atoms with E-state index in [9.17, 15) is 13.6 Å². The van der Waals surface area contributed by atoms with Crippen molar-refractivity contribution < 1.29 is 13.6 Å². The second-order valence-electron chi connectivity index (χ2n) is 7.54. The minimum absolute atomic E-state index is 0.0285. The molecule has 28 heavy (non-hydrogen) atoms. The number of alkyl halides is 1. The van der Waals surface area contributed by atoms with Crippen LogP contribution in [0.3, 0.4) is 0 Å². The molecule has 0 spiro atoms. The number of carbonyl (C=O) groups excluding carboxylic acids is 1. The van der Waals surface area contributed by atoms with Gasteiger partial charge in [-0.15, -0.1) is 0 Å². The number of hydrogen-bond acceptors (Lipinski definition) is 3. The molecule has 2 aliphatic carbocycles. The zero-order chi connectivity index (χ0) is 19.7. The number of nitrogens with zero attached hydrogens (tertiary/aromatic N) is 4. The first kappa shape index (κ1) is 18.8. The number of carbonyl (C=O) groups is 1. The molecular formula is C21H24F2N4O. The number of halogens is 2. The fraction of sp³-hybridized carbons (Fsp3) is 0.476. The standard InChI is InChI=1S/C21H24F2N4O/c1-2-10-26(21(28)16-11-15(22)7-8-17(16)23)13-19-25-18-4-3-9-24-20(18)27(19)12-14-5-6-14/h3-4,8-9,11,14-15H,2,5-7,10,12-13H2,1H3. The molecule has 7 heteroatoms. The zero-order valence-electron chi connectivity index (χ0n) is 15.9. The third-order valence-electron chi connectivity index (χ3n) is 5.19. The lowest BCUT2D eigenvalue weighted by Crippen LogP contribution is -2.34. The lowest BCUT2D eigenvalue weighted by molar-refractivity contribution is -0.127. The van der Waals surface area contributed by atoms with E-state index in [4.69, 9.17) is 0 Å². The fourth-order valence-corrected chi connectivity index (χ4v) is 3.57. The van der Waals surface area contributed by atoms with Crippen molar-refractivity contribution in [3.63, 3.8) is 0 Å². The third kappa shape index (κ3) is 3.84. The van der Waals surface area contributed by atoms with Crippen LogP contribution in [0.4, 0.5) is 8.78 Å². The molecule has 2 aromatic rings. The van der Waals surface area contributed by atoms with Crippen molar-refractivity contribution in [3.8, 4) is 0 Å². The Hall–Kier alpha value is -2.57. The van der Waals surface area contributed by atoms with Crippen molar-refractivity contribution in [2.75, 3.05) is 6.54 Å². The van der Waals surface area contributed by atoms with E-state index in [0.29, 0.717) is 18.9 Å². The summed E-state index contributed by atoms with van der Waals surface area (Å²) in [7, 11) is 0. The number of pyridine rings is 1. The van der Waals surface area contributed by atoms with E-state index in [1.54, 1.807) is 11.1 Å². The quantitative estimate of drug-likeness (QED) is 0.720. The van der Waals surface area contributed by atoms with Gasteiger partial charge in [0.1, 0.15) is 23.3 Å². The summed E-state index contributed by atoms with van der Waals surface area (Å²) in [6.45, 7) is 3.47. The SMILES string of the molecule is CCCN(Cc1nc2cccnc2n1CC1CC1)C(=O)C1=CC(F)CC=C1F. The molecule has 2 heterocycles. The van der Waals surface area contributed by atoms with Gasteiger partial charge in [0.05, 0.1) is 12.1 Å². The van der Waals surface area contributed by atoms with Crippen molar-refractivity contribution in [3.05, 3.63) is 47.7 Å². The molecule has 5 nitrogen and oxygen atoms in total. The highest BCUT2D eigenvalue weighted by atomic mass is 19.1. The van der Waals surface area contributed by atoms with Crippen LogP contribution in [0.1, 0.15) is 38.4 Å². The number of imidazole rings is 1. The van der Waals surface area contributed by atoms with Crippen LogP contribution >= 0.6 is 0 Å². The number of aromatic nitrogens is 3. The number of fused-ring (bicyclic) bond motifs is 1. The van der Waals surface area contributed by atoms with E-state index in [1.807, 2.05) is 19.1 Å². The van der Waals surface area contributed by atoms with Gasteiger partial charge in [-0.05, 0) is 49.5 Å². The molecule has 4 rings (SSSR count). The van der Waals surface area contributed by atoms with Gasteiger partial charge in [-0.25, -0.2) is 18.7 Å². The predicted octanol–water partition coefficient (Wildman–Crippen LogP) is 4.10. The summed E-state index contributed by atoms with van der Waals surface area (Å²) in [5, 5.41) is 0. The molecule has 0 aromatic carbocycles. The minimum atomic E-state index is -1.33. The summed E-state index contributed by atoms with van der Waals surface area (Å²) in [5.74, 6) is 0.214. The summed E-state index contributed by atoms with van der Waals surface area (Å²) in [6, 6.07) is 3.74. The van der Waals surface area contributed by atoms with Crippen molar-refractivity contribution in [1.29, 1.82) is 0 Å². The Morgan fingerprint density at radius 1 is 1.39 bits per heavy atom. The van der Waals surface area contributed by atoms with Crippen molar-refractivity contribution >= 4 is 17.1 Å². The van der Waals surface area contributed by atoms with Crippen molar-refractivity contribution in [2.45, 2.75) is 51.9 Å². The van der Waals surface area contributed by atoms with Gasteiger partial charge in [0, 0.05) is 25.7 Å². The molecule has 2 aromatic heterocycles. The summed E-state index contributed by atoms with van der Waals surface area (Å²) in [6.07, 6.45) is 5.70. The van der Waals surface area contributed by atoms with Gasteiger partial charge < -0.3 is 9.47 Å². The Bertz CT molecular complexity index is 945. The van der Waals surface area contributed by atoms with Crippen LogP contribution in [-0.2, 0) is 17.9 Å². The van der Waals surface area contributed by atoms with E-state index in [2.05, 4.69) is 14.5 Å². The summed E-state index contributed by atoms with van der Waals surface area (Å²) in [5.41, 5.74) is 1.41. The molecule has 0 radical (unpaired) electrons. The van der Waals surface area contributed by atoms with Gasteiger partial charge >= 0.3 is 0 Å². The van der Waals surface area contributed by atoms with Crippen LogP contribution < -0.4 is 0 Å². The molecule has 0 N–H and O–H groups in total. The molecule has 0 bridgehead atoms. The number of hydrogen-bond donors (Lipinski definition) is 0. The number of allylic oxidation sites excluding steroid dienone is 2. The minimum Gasteiger partial charge on any atom is -0.331 e. The van der Waals surface area contributed by atoms with Crippen LogP contribution in [0.25, 0.3) is 11.2 Å². The predicted molar refractivity (Wildman–Crippen MR) is 103 cm³/mol. The first-order valence-electron chi connectivity index (χ1n) is 9.88. The largest absolute Gasteiger partial charge is 0.331 e. The van der Waals surface area contributed by atoms with Crippen LogP contribution in [0.2, 0.25) is 0 Å². The number of amides is 1. The van der Waals surface area contributed by atoms with Gasteiger partial charge in [-0.3, -0.25) is 4.79 Å². The molecule has 1 atom stereocenters. The molecule has 1 fully saturated rings. The zero-order valence-corrected chi connectivity index (χ0v) is 15.9. The van der Waals surface area contributed by atoms with Gasteiger partial charge in [-0.2, -0.15) is 0 Å². The fourth-order valence-electron chi connectivity index (χ4n) is 3.57. The van der Waals surface area contributed by atoms with Crippen molar-refractivity contribution in [2.24, 2.45) is 5.92 Å². The molecular weight excluding hydrogens is 362 g/mol. The Morgan fingerprint density at radius 2 is 2.21 bits per heavy atom.